The van der Waals surface area contributed by atoms with Crippen LogP contribution in [-0.2, 0) is 0 Å². The second kappa shape index (κ2) is 9.08. The van der Waals surface area contributed by atoms with E-state index in [2.05, 4.69) is 51.9 Å². The van der Waals surface area contributed by atoms with E-state index < -0.39 is 0 Å². The van der Waals surface area contributed by atoms with Gasteiger partial charge in [-0.1, -0.05) is 36.4 Å². The molecule has 12 heteroatoms. The Hall–Kier alpha value is -5.26. The van der Waals surface area contributed by atoms with E-state index in [9.17, 15) is 9.59 Å². The first-order valence-corrected chi connectivity index (χ1v) is 10.1. The molecule has 0 aliphatic heterocycles. The van der Waals surface area contributed by atoms with Gasteiger partial charge in [-0.3, -0.25) is 9.59 Å². The number of nitrogens with zero attached hydrogens (tertiary/aromatic N) is 6. The molecule has 3 aromatic carbocycles. The summed E-state index contributed by atoms with van der Waals surface area (Å²) in [7, 11) is 0. The normalized spacial score (nSPS) is 10.6. The summed E-state index contributed by atoms with van der Waals surface area (Å²) in [5.41, 5.74) is 2.60. The number of hydrogen-bond acceptors (Lipinski definition) is 8. The van der Waals surface area contributed by atoms with Crippen LogP contribution in [-0.4, -0.2) is 53.1 Å². The third-order valence-electron chi connectivity index (χ3n) is 4.93. The van der Waals surface area contributed by atoms with Crippen molar-refractivity contribution in [3.05, 3.63) is 83.9 Å². The smallest absolute Gasteiger partial charge is 0.255 e. The molecule has 0 saturated heterocycles. The lowest BCUT2D eigenvalue weighted by Gasteiger charge is -2.16. The fourth-order valence-electron chi connectivity index (χ4n) is 3.31. The van der Waals surface area contributed by atoms with Crippen molar-refractivity contribution < 1.29 is 9.59 Å². The zero-order valence-corrected chi connectivity index (χ0v) is 17.4. The molecule has 4 N–H and O–H groups in total. The van der Waals surface area contributed by atoms with Gasteiger partial charge in [0.2, 0.25) is 0 Å². The quantitative estimate of drug-likeness (QED) is 0.305. The van der Waals surface area contributed by atoms with Gasteiger partial charge in [-0.2, -0.15) is 0 Å². The molecule has 0 saturated carbocycles. The molecule has 34 heavy (non-hydrogen) atoms. The zero-order valence-electron chi connectivity index (χ0n) is 17.4. The van der Waals surface area contributed by atoms with Crippen LogP contribution in [0.4, 0.5) is 11.4 Å². The van der Waals surface area contributed by atoms with Gasteiger partial charge in [-0.25, -0.2) is 10.2 Å². The van der Waals surface area contributed by atoms with E-state index >= 15 is 0 Å². The molecule has 5 aromatic rings. The van der Waals surface area contributed by atoms with Crippen molar-refractivity contribution in [2.45, 2.75) is 0 Å². The summed E-state index contributed by atoms with van der Waals surface area (Å²) < 4.78 is 0. The maximum absolute atomic E-state index is 12.9. The molecule has 5 rings (SSSR count). The van der Waals surface area contributed by atoms with Crippen LogP contribution in [0.25, 0.3) is 22.8 Å². The van der Waals surface area contributed by atoms with E-state index in [1.165, 1.54) is 0 Å². The molecule has 2 heterocycles. The Balaban J connectivity index is 1.61. The highest BCUT2D eigenvalue weighted by atomic mass is 16.2. The van der Waals surface area contributed by atoms with Crippen molar-refractivity contribution in [1.29, 1.82) is 0 Å². The van der Waals surface area contributed by atoms with Gasteiger partial charge in [0.05, 0.1) is 11.4 Å². The van der Waals surface area contributed by atoms with E-state index in [0.717, 1.165) is 0 Å². The van der Waals surface area contributed by atoms with Crippen LogP contribution < -0.4 is 10.6 Å². The number of benzene rings is 3. The van der Waals surface area contributed by atoms with Gasteiger partial charge in [0, 0.05) is 22.3 Å². The zero-order chi connectivity index (χ0) is 23.3. The number of amides is 2. The number of hydrogen-bond donors (Lipinski definition) is 4. The van der Waals surface area contributed by atoms with Gasteiger partial charge in [0.25, 0.3) is 11.8 Å². The summed E-state index contributed by atoms with van der Waals surface area (Å²) in [6.07, 6.45) is 0. The Kier molecular flexibility index (Phi) is 5.51. The Bertz CT molecular complexity index is 1310. The van der Waals surface area contributed by atoms with Gasteiger partial charge in [0.1, 0.15) is 0 Å². The average Bonchev–Trinajstić information content (AvgIpc) is 3.60. The Morgan fingerprint density at radius 3 is 1.44 bits per heavy atom. The minimum atomic E-state index is -0.344. The van der Waals surface area contributed by atoms with Crippen molar-refractivity contribution in [2.75, 3.05) is 10.6 Å². The summed E-state index contributed by atoms with van der Waals surface area (Å²) in [4.78, 5) is 25.8. The molecule has 0 unspecified atom stereocenters. The predicted octanol–water partition coefficient (Wildman–Crippen LogP) is 2.55. The molecule has 0 aliphatic rings. The van der Waals surface area contributed by atoms with Crippen LogP contribution in [0.1, 0.15) is 20.7 Å². The van der Waals surface area contributed by atoms with E-state index in [1.54, 1.807) is 60.7 Å². The monoisotopic (exact) mass is 452 g/mol. The summed E-state index contributed by atoms with van der Waals surface area (Å²) in [6, 6.07) is 20.8. The summed E-state index contributed by atoms with van der Waals surface area (Å²) in [6.45, 7) is 0. The maximum Gasteiger partial charge on any atom is 0.255 e. The fourth-order valence-corrected chi connectivity index (χ4v) is 3.31. The highest BCUT2D eigenvalue weighted by Crippen LogP contribution is 2.36. The lowest BCUT2D eigenvalue weighted by atomic mass is 10.0. The number of carbonyl (C=O) groups is 2. The van der Waals surface area contributed by atoms with E-state index in [-0.39, 0.29) is 11.8 Å². The van der Waals surface area contributed by atoms with Gasteiger partial charge >= 0.3 is 0 Å². The van der Waals surface area contributed by atoms with Crippen LogP contribution in [0.5, 0.6) is 0 Å². The molecule has 0 spiro atoms. The first-order valence-electron chi connectivity index (χ1n) is 10.1. The minimum absolute atomic E-state index is 0.304. The van der Waals surface area contributed by atoms with Crippen molar-refractivity contribution in [3.63, 3.8) is 0 Å². The summed E-state index contributed by atoms with van der Waals surface area (Å²) >= 11 is 0. The minimum Gasteiger partial charge on any atom is -0.321 e. The number of nitrogens with one attached hydrogen (secondary N) is 4. The molecule has 2 amide bonds. The Labute approximate surface area is 191 Å². The van der Waals surface area contributed by atoms with E-state index in [4.69, 9.17) is 0 Å². The predicted molar refractivity (Wildman–Crippen MR) is 122 cm³/mol. The molecule has 0 aliphatic carbocycles. The Morgan fingerprint density at radius 1 is 0.618 bits per heavy atom. The molecule has 0 fully saturated rings. The number of carbonyl (C=O) groups excluding carboxylic acids is 2. The highest BCUT2D eigenvalue weighted by molar-refractivity contribution is 6.09. The second-order valence-electron chi connectivity index (χ2n) is 7.08. The molecule has 2 aromatic heterocycles. The number of anilines is 2. The number of rotatable bonds is 6. The highest BCUT2D eigenvalue weighted by Gasteiger charge is 2.20. The van der Waals surface area contributed by atoms with Crippen LogP contribution in [0, 0.1) is 0 Å². The third kappa shape index (κ3) is 4.23. The lowest BCUT2D eigenvalue weighted by molar-refractivity contribution is 0.101. The third-order valence-corrected chi connectivity index (χ3v) is 4.93. The first-order chi connectivity index (χ1) is 16.7. The largest absolute Gasteiger partial charge is 0.321 e. The molecule has 12 nitrogen and oxygen atoms in total. The molecule has 0 radical (unpaired) electrons. The van der Waals surface area contributed by atoms with Crippen LogP contribution in [0.3, 0.4) is 0 Å². The van der Waals surface area contributed by atoms with Crippen molar-refractivity contribution in [2.24, 2.45) is 0 Å². The Morgan fingerprint density at radius 2 is 1.06 bits per heavy atom. The van der Waals surface area contributed by atoms with Crippen molar-refractivity contribution in [1.82, 2.24) is 41.2 Å². The van der Waals surface area contributed by atoms with Crippen LogP contribution in [0.2, 0.25) is 0 Å². The molecular weight excluding hydrogens is 436 g/mol. The standard InChI is InChI=1S/C22H16N10O2/c33-21(13-7-3-1-4-8-13)23-17-12-18(24-22(34)14-9-5-2-6-10-14)16(20-27-31-32-28-20)11-15(17)19-25-29-30-26-19/h1-12H,(H,23,33)(H,24,34)(H,25,26,29,30)(H,27,28,31,32). The number of H-pyrrole nitrogens is 2. The lowest BCUT2D eigenvalue weighted by Crippen LogP contribution is -2.15. The maximum atomic E-state index is 12.9. The molecule has 0 bridgehead atoms. The number of aromatic nitrogens is 8. The van der Waals surface area contributed by atoms with E-state index in [0.29, 0.717) is 45.3 Å². The van der Waals surface area contributed by atoms with Crippen molar-refractivity contribution >= 4 is 23.2 Å². The van der Waals surface area contributed by atoms with Crippen LogP contribution >= 0.6 is 0 Å². The van der Waals surface area contributed by atoms with Crippen molar-refractivity contribution in [3.8, 4) is 22.8 Å². The molecular formula is C22H16N10O2. The summed E-state index contributed by atoms with van der Waals surface area (Å²) in [5, 5.41) is 33.6. The van der Waals surface area contributed by atoms with Gasteiger partial charge in [0.15, 0.2) is 11.6 Å². The average molecular weight is 452 g/mol. The fraction of sp³-hybridized carbons (Fsp3) is 0. The molecule has 166 valence electrons. The van der Waals surface area contributed by atoms with Gasteiger partial charge in [-0.05, 0) is 57.3 Å². The summed E-state index contributed by atoms with van der Waals surface area (Å²) in [5.74, 6) is -0.0801. The number of aromatic amines is 2. The van der Waals surface area contributed by atoms with Crippen LogP contribution in [0.15, 0.2) is 72.8 Å². The van der Waals surface area contributed by atoms with Gasteiger partial charge in [-0.15, -0.1) is 10.2 Å². The topological polar surface area (TPSA) is 167 Å². The number of tetrazole rings is 2. The first kappa shape index (κ1) is 20.6. The SMILES string of the molecule is O=C(Nc1cc(NC(=O)c2ccccc2)c(-c2nnn[nH]2)cc1-c1nnn[nH]1)c1ccccc1. The van der Waals surface area contributed by atoms with E-state index in [1.807, 2.05) is 12.1 Å². The van der Waals surface area contributed by atoms with Gasteiger partial charge < -0.3 is 10.6 Å². The molecule has 0 atom stereocenters. The second-order valence-corrected chi connectivity index (χ2v) is 7.08.